The van der Waals surface area contributed by atoms with Crippen molar-refractivity contribution in [3.63, 3.8) is 0 Å². The molecule has 0 aliphatic heterocycles. The highest BCUT2D eigenvalue weighted by Crippen LogP contribution is 2.04. The van der Waals surface area contributed by atoms with E-state index in [9.17, 15) is 4.79 Å². The number of rotatable bonds is 3. The van der Waals surface area contributed by atoms with Gasteiger partial charge in [-0.3, -0.25) is 4.79 Å². The molecule has 0 heterocycles. The van der Waals surface area contributed by atoms with Gasteiger partial charge in [0, 0.05) is 10.6 Å². The van der Waals surface area contributed by atoms with Crippen molar-refractivity contribution in [1.82, 2.24) is 0 Å². The van der Waals surface area contributed by atoms with Gasteiger partial charge in [0.1, 0.15) is 6.54 Å². The van der Waals surface area contributed by atoms with Crippen molar-refractivity contribution in [1.29, 1.82) is 0 Å². The molecule has 1 N–H and O–H groups in total. The van der Waals surface area contributed by atoms with Crippen molar-refractivity contribution >= 4 is 11.6 Å². The van der Waals surface area contributed by atoms with Crippen LogP contribution in [0.1, 0.15) is 0 Å². The Labute approximate surface area is 75.0 Å². The summed E-state index contributed by atoms with van der Waals surface area (Å²) in [4.78, 5) is 13.5. The summed E-state index contributed by atoms with van der Waals surface area (Å²) < 4.78 is 0. The SMILES string of the molecule is [N-]=[N+]=NCC(=O)Nc1ccccc1. The van der Waals surface area contributed by atoms with Gasteiger partial charge < -0.3 is 5.32 Å². The average Bonchev–Trinajstić information content (AvgIpc) is 2.16. The topological polar surface area (TPSA) is 77.9 Å². The number of anilines is 1. The summed E-state index contributed by atoms with van der Waals surface area (Å²) in [5.74, 6) is -0.316. The number of nitrogens with zero attached hydrogens (tertiary/aromatic N) is 3. The summed E-state index contributed by atoms with van der Waals surface area (Å²) in [6, 6.07) is 8.98. The van der Waals surface area contributed by atoms with Crippen LogP contribution in [0.5, 0.6) is 0 Å². The highest BCUT2D eigenvalue weighted by molar-refractivity contribution is 5.92. The average molecular weight is 176 g/mol. The molecule has 0 saturated carbocycles. The van der Waals surface area contributed by atoms with Gasteiger partial charge in [-0.1, -0.05) is 23.3 Å². The van der Waals surface area contributed by atoms with Crippen LogP contribution in [0.15, 0.2) is 35.4 Å². The lowest BCUT2D eigenvalue weighted by atomic mass is 10.3. The molecule has 13 heavy (non-hydrogen) atoms. The first kappa shape index (κ1) is 9.09. The molecule has 0 aliphatic carbocycles. The van der Waals surface area contributed by atoms with Crippen molar-refractivity contribution in [2.45, 2.75) is 0 Å². The molecule has 1 amide bonds. The van der Waals surface area contributed by atoms with Gasteiger partial charge in [0.15, 0.2) is 0 Å². The van der Waals surface area contributed by atoms with Gasteiger partial charge in [0.25, 0.3) is 0 Å². The molecular weight excluding hydrogens is 168 g/mol. The van der Waals surface area contributed by atoms with Crippen LogP contribution >= 0.6 is 0 Å². The Balaban J connectivity index is 2.50. The van der Waals surface area contributed by atoms with Crippen LogP contribution in [0.25, 0.3) is 10.4 Å². The molecule has 0 atom stereocenters. The molecule has 0 bridgehead atoms. The molecule has 5 nitrogen and oxygen atoms in total. The van der Waals surface area contributed by atoms with Crippen molar-refractivity contribution in [2.24, 2.45) is 5.11 Å². The quantitative estimate of drug-likeness (QED) is 0.426. The van der Waals surface area contributed by atoms with E-state index in [0.717, 1.165) is 0 Å². The fourth-order valence-corrected chi connectivity index (χ4v) is 0.818. The molecule has 0 unspecified atom stereocenters. The van der Waals surface area contributed by atoms with E-state index in [4.69, 9.17) is 5.53 Å². The normalized spacial score (nSPS) is 8.62. The van der Waals surface area contributed by atoms with Crippen LogP contribution in [0, 0.1) is 0 Å². The predicted octanol–water partition coefficient (Wildman–Crippen LogP) is 1.94. The first-order chi connectivity index (χ1) is 6.33. The van der Waals surface area contributed by atoms with Gasteiger partial charge in [-0.05, 0) is 17.7 Å². The third kappa shape index (κ3) is 3.27. The third-order valence-electron chi connectivity index (χ3n) is 1.34. The second kappa shape index (κ2) is 4.79. The molecule has 5 heteroatoms. The second-order valence-electron chi connectivity index (χ2n) is 2.30. The summed E-state index contributed by atoms with van der Waals surface area (Å²) in [5, 5.41) is 5.71. The molecule has 0 saturated heterocycles. The van der Waals surface area contributed by atoms with Crippen LogP contribution in [0.2, 0.25) is 0 Å². The number of amides is 1. The van der Waals surface area contributed by atoms with Crippen LogP contribution in [0.3, 0.4) is 0 Å². The zero-order valence-corrected chi connectivity index (χ0v) is 6.84. The number of nitrogens with one attached hydrogen (secondary N) is 1. The molecule has 1 aromatic rings. The number of para-hydroxylation sites is 1. The number of hydrogen-bond acceptors (Lipinski definition) is 2. The van der Waals surface area contributed by atoms with Crippen molar-refractivity contribution in [3.8, 4) is 0 Å². The summed E-state index contributed by atoms with van der Waals surface area (Å²) in [6.07, 6.45) is 0. The Morgan fingerprint density at radius 1 is 1.46 bits per heavy atom. The smallest absolute Gasteiger partial charge is 0.230 e. The Morgan fingerprint density at radius 3 is 2.77 bits per heavy atom. The Hall–Kier alpha value is -2.00. The molecule has 66 valence electrons. The van der Waals surface area contributed by atoms with Gasteiger partial charge >= 0.3 is 0 Å². The van der Waals surface area contributed by atoms with Crippen molar-refractivity contribution in [2.75, 3.05) is 11.9 Å². The molecule has 1 rings (SSSR count). The van der Waals surface area contributed by atoms with E-state index in [-0.39, 0.29) is 12.5 Å². The monoisotopic (exact) mass is 176 g/mol. The van der Waals surface area contributed by atoms with E-state index in [1.165, 1.54) is 0 Å². The van der Waals surface area contributed by atoms with Gasteiger partial charge in [0.05, 0.1) is 0 Å². The van der Waals surface area contributed by atoms with E-state index >= 15 is 0 Å². The first-order valence-electron chi connectivity index (χ1n) is 3.68. The number of azide groups is 1. The summed E-state index contributed by atoms with van der Waals surface area (Å²) >= 11 is 0. The first-order valence-corrected chi connectivity index (χ1v) is 3.68. The van der Waals surface area contributed by atoms with Crippen molar-refractivity contribution in [3.05, 3.63) is 40.8 Å². The minimum Gasteiger partial charge on any atom is -0.326 e. The maximum absolute atomic E-state index is 11.0. The molecule has 0 fully saturated rings. The summed E-state index contributed by atoms with van der Waals surface area (Å²) in [5.41, 5.74) is 8.65. The van der Waals surface area contributed by atoms with Crippen LogP contribution in [-0.2, 0) is 4.79 Å². The minimum absolute atomic E-state index is 0.175. The lowest BCUT2D eigenvalue weighted by Crippen LogP contribution is -2.13. The van der Waals surface area contributed by atoms with E-state index in [1.54, 1.807) is 12.1 Å². The fraction of sp³-hybridized carbons (Fsp3) is 0.125. The number of carbonyl (C=O) groups excluding carboxylic acids is 1. The Kier molecular flexibility index (Phi) is 3.35. The van der Waals surface area contributed by atoms with E-state index < -0.39 is 0 Å². The minimum atomic E-state index is -0.316. The lowest BCUT2D eigenvalue weighted by molar-refractivity contribution is -0.114. The fourth-order valence-electron chi connectivity index (χ4n) is 0.818. The van der Waals surface area contributed by atoms with E-state index in [1.807, 2.05) is 18.2 Å². The van der Waals surface area contributed by atoms with Gasteiger partial charge in [-0.15, -0.1) is 0 Å². The molecular formula is C8H8N4O. The van der Waals surface area contributed by atoms with Crippen molar-refractivity contribution < 1.29 is 4.79 Å². The second-order valence-corrected chi connectivity index (χ2v) is 2.30. The van der Waals surface area contributed by atoms with Gasteiger partial charge in [-0.2, -0.15) is 0 Å². The Bertz CT molecular complexity index is 329. The highest BCUT2D eigenvalue weighted by atomic mass is 16.1. The van der Waals surface area contributed by atoms with Crippen LogP contribution in [0.4, 0.5) is 5.69 Å². The number of carbonyl (C=O) groups is 1. The third-order valence-corrected chi connectivity index (χ3v) is 1.34. The van der Waals surface area contributed by atoms with E-state index in [2.05, 4.69) is 15.3 Å². The lowest BCUT2D eigenvalue weighted by Gasteiger charge is -2.00. The predicted molar refractivity (Wildman–Crippen MR) is 49.1 cm³/mol. The zero-order chi connectivity index (χ0) is 9.52. The van der Waals surface area contributed by atoms with Gasteiger partial charge in [0.2, 0.25) is 5.91 Å². The molecule has 1 aromatic carbocycles. The maximum atomic E-state index is 11.0. The zero-order valence-electron chi connectivity index (χ0n) is 6.84. The highest BCUT2D eigenvalue weighted by Gasteiger charge is 1.97. The largest absolute Gasteiger partial charge is 0.326 e. The molecule has 0 aromatic heterocycles. The number of hydrogen-bond donors (Lipinski definition) is 1. The molecule has 0 spiro atoms. The van der Waals surface area contributed by atoms with E-state index in [0.29, 0.717) is 5.69 Å². The summed E-state index contributed by atoms with van der Waals surface area (Å²) in [7, 11) is 0. The Morgan fingerprint density at radius 2 is 2.15 bits per heavy atom. The van der Waals surface area contributed by atoms with Crippen LogP contribution in [-0.4, -0.2) is 12.5 Å². The summed E-state index contributed by atoms with van der Waals surface area (Å²) in [6.45, 7) is -0.175. The molecule has 0 radical (unpaired) electrons. The number of benzene rings is 1. The maximum Gasteiger partial charge on any atom is 0.230 e. The van der Waals surface area contributed by atoms with Crippen LogP contribution < -0.4 is 5.32 Å². The molecule has 0 aliphatic rings. The standard InChI is InChI=1S/C8H8N4O/c9-12-10-6-8(13)11-7-4-2-1-3-5-7/h1-5H,6H2,(H,11,13). The van der Waals surface area contributed by atoms with Gasteiger partial charge in [-0.25, -0.2) is 0 Å².